The van der Waals surface area contributed by atoms with E-state index in [1.807, 2.05) is 36.1 Å². The van der Waals surface area contributed by atoms with Crippen LogP contribution in [0, 0.1) is 5.92 Å². The van der Waals surface area contributed by atoms with Crippen molar-refractivity contribution in [1.29, 1.82) is 0 Å². The summed E-state index contributed by atoms with van der Waals surface area (Å²) in [6.45, 7) is 6.01. The first-order valence-corrected chi connectivity index (χ1v) is 7.26. The summed E-state index contributed by atoms with van der Waals surface area (Å²) in [6, 6.07) is 7.66. The minimum atomic E-state index is -0.0980. The molecule has 0 aliphatic carbocycles. The van der Waals surface area contributed by atoms with E-state index in [9.17, 15) is 4.79 Å². The molecule has 19 heavy (non-hydrogen) atoms. The molecule has 1 aromatic carbocycles. The van der Waals surface area contributed by atoms with Crippen molar-refractivity contribution in [2.24, 2.45) is 5.92 Å². The number of nitrogen functional groups attached to an aromatic ring is 1. The molecule has 104 valence electrons. The lowest BCUT2D eigenvalue weighted by Gasteiger charge is -2.34. The highest BCUT2D eigenvalue weighted by atomic mass is 16.2. The Morgan fingerprint density at radius 2 is 2.32 bits per heavy atom. The zero-order valence-corrected chi connectivity index (χ0v) is 11.9. The normalized spacial score (nSPS) is 21.2. The molecule has 1 saturated heterocycles. The highest BCUT2D eigenvalue weighted by Crippen LogP contribution is 2.25. The van der Waals surface area contributed by atoms with Crippen LogP contribution in [-0.2, 0) is 4.79 Å². The Bertz CT molecular complexity index is 444. The molecule has 0 aromatic heterocycles. The number of amides is 1. The zero-order valence-electron chi connectivity index (χ0n) is 11.9. The molecule has 1 aliphatic rings. The molecule has 2 N–H and O–H groups in total. The van der Waals surface area contributed by atoms with Crippen LogP contribution in [0.2, 0.25) is 0 Å². The van der Waals surface area contributed by atoms with Gasteiger partial charge in [-0.1, -0.05) is 25.5 Å². The lowest BCUT2D eigenvalue weighted by atomic mass is 9.93. The quantitative estimate of drug-likeness (QED) is 0.849. The van der Waals surface area contributed by atoms with Gasteiger partial charge in [-0.25, -0.2) is 0 Å². The number of piperidine rings is 1. The third-order valence-electron chi connectivity index (χ3n) is 4.19. The molecule has 0 radical (unpaired) electrons. The van der Waals surface area contributed by atoms with E-state index in [0.29, 0.717) is 5.92 Å². The third-order valence-corrected chi connectivity index (χ3v) is 4.19. The van der Waals surface area contributed by atoms with Crippen LogP contribution >= 0.6 is 0 Å². The molecule has 2 unspecified atom stereocenters. The van der Waals surface area contributed by atoms with Crippen molar-refractivity contribution in [2.75, 3.05) is 18.8 Å². The monoisotopic (exact) mass is 260 g/mol. The van der Waals surface area contributed by atoms with Crippen LogP contribution in [-0.4, -0.2) is 23.9 Å². The standard InChI is InChI=1S/C16H24N2O/c1-3-13-6-5-9-18(11-13)16(19)12(2)14-7-4-8-15(17)10-14/h4,7-8,10,12-13H,3,5-6,9,11,17H2,1-2H3. The Kier molecular flexibility index (Phi) is 4.46. The van der Waals surface area contributed by atoms with Gasteiger partial charge in [-0.15, -0.1) is 0 Å². The summed E-state index contributed by atoms with van der Waals surface area (Å²) in [5, 5.41) is 0. The molecule has 1 fully saturated rings. The fourth-order valence-corrected chi connectivity index (χ4v) is 2.84. The van der Waals surface area contributed by atoms with Crippen LogP contribution in [0.5, 0.6) is 0 Å². The lowest BCUT2D eigenvalue weighted by molar-refractivity contribution is -0.134. The molecule has 0 saturated carbocycles. The van der Waals surface area contributed by atoms with Crippen LogP contribution in [0.25, 0.3) is 0 Å². The van der Waals surface area contributed by atoms with Crippen molar-refractivity contribution < 1.29 is 4.79 Å². The largest absolute Gasteiger partial charge is 0.399 e. The summed E-state index contributed by atoms with van der Waals surface area (Å²) < 4.78 is 0. The number of carbonyl (C=O) groups excluding carboxylic acids is 1. The van der Waals surface area contributed by atoms with Gasteiger partial charge >= 0.3 is 0 Å². The van der Waals surface area contributed by atoms with Crippen LogP contribution in [0.4, 0.5) is 5.69 Å². The Balaban J connectivity index is 2.06. The van der Waals surface area contributed by atoms with Crippen LogP contribution in [0.3, 0.4) is 0 Å². The maximum Gasteiger partial charge on any atom is 0.229 e. The summed E-state index contributed by atoms with van der Waals surface area (Å²) in [5.41, 5.74) is 7.54. The summed E-state index contributed by atoms with van der Waals surface area (Å²) >= 11 is 0. The summed E-state index contributed by atoms with van der Waals surface area (Å²) in [4.78, 5) is 14.6. The van der Waals surface area contributed by atoms with Gasteiger partial charge in [0.2, 0.25) is 5.91 Å². The maximum atomic E-state index is 12.6. The predicted molar refractivity (Wildman–Crippen MR) is 78.9 cm³/mol. The number of hydrogen-bond donors (Lipinski definition) is 1. The maximum absolute atomic E-state index is 12.6. The molecule has 0 spiro atoms. The fraction of sp³-hybridized carbons (Fsp3) is 0.562. The van der Waals surface area contributed by atoms with Crippen molar-refractivity contribution in [2.45, 2.75) is 39.0 Å². The first-order valence-electron chi connectivity index (χ1n) is 7.26. The molecular formula is C16H24N2O. The predicted octanol–water partition coefficient (Wildman–Crippen LogP) is 3.02. The van der Waals surface area contributed by atoms with Gasteiger partial charge in [0.15, 0.2) is 0 Å². The molecule has 1 amide bonds. The molecule has 2 rings (SSSR count). The number of likely N-dealkylation sites (tertiary alicyclic amines) is 1. The molecule has 2 atom stereocenters. The van der Waals surface area contributed by atoms with Crippen molar-refractivity contribution in [1.82, 2.24) is 4.90 Å². The third kappa shape index (κ3) is 3.28. The van der Waals surface area contributed by atoms with E-state index in [2.05, 4.69) is 6.92 Å². The summed E-state index contributed by atoms with van der Waals surface area (Å²) in [5.74, 6) is 0.814. The molecule has 1 heterocycles. The highest BCUT2D eigenvalue weighted by molar-refractivity contribution is 5.83. The average molecular weight is 260 g/mol. The number of anilines is 1. The van der Waals surface area contributed by atoms with Crippen LogP contribution in [0.1, 0.15) is 44.6 Å². The van der Waals surface area contributed by atoms with E-state index in [4.69, 9.17) is 5.73 Å². The Hall–Kier alpha value is -1.51. The van der Waals surface area contributed by atoms with Gasteiger partial charge in [0.25, 0.3) is 0 Å². The molecule has 3 nitrogen and oxygen atoms in total. The second kappa shape index (κ2) is 6.09. The molecule has 0 bridgehead atoms. The van der Waals surface area contributed by atoms with Crippen molar-refractivity contribution >= 4 is 11.6 Å². The average Bonchev–Trinajstić information content (AvgIpc) is 2.45. The molecular weight excluding hydrogens is 236 g/mol. The molecule has 1 aliphatic heterocycles. The van der Waals surface area contributed by atoms with Crippen molar-refractivity contribution in [3.63, 3.8) is 0 Å². The Labute approximate surface area is 115 Å². The van der Waals surface area contributed by atoms with Crippen molar-refractivity contribution in [3.8, 4) is 0 Å². The minimum absolute atomic E-state index is 0.0980. The first-order chi connectivity index (χ1) is 9.11. The van der Waals surface area contributed by atoms with Gasteiger partial charge < -0.3 is 10.6 Å². The summed E-state index contributed by atoms with van der Waals surface area (Å²) in [6.07, 6.45) is 3.55. The number of rotatable bonds is 3. The van der Waals surface area contributed by atoms with E-state index < -0.39 is 0 Å². The second-order valence-electron chi connectivity index (χ2n) is 5.59. The Morgan fingerprint density at radius 3 is 3.00 bits per heavy atom. The van der Waals surface area contributed by atoms with E-state index >= 15 is 0 Å². The van der Waals surface area contributed by atoms with Crippen molar-refractivity contribution in [3.05, 3.63) is 29.8 Å². The first kappa shape index (κ1) is 13.9. The SMILES string of the molecule is CCC1CCCN(C(=O)C(C)c2cccc(N)c2)C1. The number of hydrogen-bond acceptors (Lipinski definition) is 2. The van der Waals surface area contributed by atoms with Gasteiger partial charge in [-0.3, -0.25) is 4.79 Å². The van der Waals surface area contributed by atoms with Crippen LogP contribution < -0.4 is 5.73 Å². The fourth-order valence-electron chi connectivity index (χ4n) is 2.84. The summed E-state index contributed by atoms with van der Waals surface area (Å²) in [7, 11) is 0. The van der Waals surface area contributed by atoms with Gasteiger partial charge in [0.05, 0.1) is 5.92 Å². The van der Waals surface area contributed by atoms with E-state index in [0.717, 1.165) is 37.2 Å². The lowest BCUT2D eigenvalue weighted by Crippen LogP contribution is -2.41. The highest BCUT2D eigenvalue weighted by Gasteiger charge is 2.26. The topological polar surface area (TPSA) is 46.3 Å². The second-order valence-corrected chi connectivity index (χ2v) is 5.59. The van der Waals surface area contributed by atoms with Crippen LogP contribution in [0.15, 0.2) is 24.3 Å². The van der Waals surface area contributed by atoms with Gasteiger partial charge in [0.1, 0.15) is 0 Å². The minimum Gasteiger partial charge on any atom is -0.399 e. The number of benzene rings is 1. The van der Waals surface area contributed by atoms with Gasteiger partial charge in [-0.2, -0.15) is 0 Å². The molecule has 3 heteroatoms. The van der Waals surface area contributed by atoms with E-state index in [1.54, 1.807) is 0 Å². The zero-order chi connectivity index (χ0) is 13.8. The van der Waals surface area contributed by atoms with Gasteiger partial charge in [0, 0.05) is 18.8 Å². The van der Waals surface area contributed by atoms with Gasteiger partial charge in [-0.05, 0) is 43.4 Å². The number of carbonyl (C=O) groups is 1. The Morgan fingerprint density at radius 1 is 1.53 bits per heavy atom. The number of nitrogens with two attached hydrogens (primary N) is 1. The van der Waals surface area contributed by atoms with E-state index in [1.165, 1.54) is 6.42 Å². The smallest absolute Gasteiger partial charge is 0.229 e. The number of nitrogens with zero attached hydrogens (tertiary/aromatic N) is 1. The van der Waals surface area contributed by atoms with E-state index in [-0.39, 0.29) is 11.8 Å². The molecule has 1 aromatic rings.